The summed E-state index contributed by atoms with van der Waals surface area (Å²) in [6.45, 7) is 3.86. The quantitative estimate of drug-likeness (QED) is 0.855. The van der Waals surface area contributed by atoms with Gasteiger partial charge in [-0.25, -0.2) is 4.39 Å². The second-order valence-electron chi connectivity index (χ2n) is 3.71. The first-order valence-corrected chi connectivity index (χ1v) is 7.30. The fraction of sp³-hybridized carbons (Fsp3) is 0.333. The average molecular weight is 330 g/mol. The first kappa shape index (κ1) is 13.6. The minimum atomic E-state index is -0.285. The van der Waals surface area contributed by atoms with Crippen molar-refractivity contribution in [3.8, 4) is 10.6 Å². The van der Waals surface area contributed by atoms with Crippen molar-refractivity contribution in [2.45, 2.75) is 13.3 Å². The zero-order valence-electron chi connectivity index (χ0n) is 9.91. The molecule has 0 atom stereocenters. The Morgan fingerprint density at radius 3 is 3.00 bits per heavy atom. The lowest BCUT2D eigenvalue weighted by molar-refractivity contribution is 0.624. The highest BCUT2D eigenvalue weighted by molar-refractivity contribution is 9.10. The van der Waals surface area contributed by atoms with Crippen LogP contribution in [0.1, 0.15) is 11.9 Å². The minimum absolute atomic E-state index is 0.285. The molecular formula is C12H13BrFN3S. The minimum Gasteiger partial charge on any atom is -0.317 e. The van der Waals surface area contributed by atoms with Gasteiger partial charge < -0.3 is 5.32 Å². The molecule has 1 aromatic carbocycles. The van der Waals surface area contributed by atoms with Crippen LogP contribution in [0.2, 0.25) is 0 Å². The van der Waals surface area contributed by atoms with Crippen LogP contribution in [0.3, 0.4) is 0 Å². The molecule has 1 heterocycles. The molecule has 18 heavy (non-hydrogen) atoms. The zero-order valence-corrected chi connectivity index (χ0v) is 12.3. The van der Waals surface area contributed by atoms with Crippen LogP contribution in [-0.2, 0) is 6.42 Å². The van der Waals surface area contributed by atoms with Crippen LogP contribution in [0, 0.1) is 5.82 Å². The Kier molecular flexibility index (Phi) is 4.79. The third kappa shape index (κ3) is 3.13. The molecule has 0 amide bonds. The van der Waals surface area contributed by atoms with Gasteiger partial charge in [-0.2, -0.15) is 0 Å². The van der Waals surface area contributed by atoms with Crippen LogP contribution < -0.4 is 5.32 Å². The van der Waals surface area contributed by atoms with E-state index in [1.807, 2.05) is 0 Å². The number of rotatable bonds is 5. The van der Waals surface area contributed by atoms with Crippen LogP contribution >= 0.6 is 27.3 Å². The predicted molar refractivity (Wildman–Crippen MR) is 75.3 cm³/mol. The number of hydrogen-bond donors (Lipinski definition) is 1. The standard InChI is InChI=1S/C12H13BrFN3S/c1-2-15-7-6-10-16-17-12(18-10)8-4-3-5-9(13)11(8)14/h3-5,15H,2,6-7H2,1H3. The fourth-order valence-corrected chi connectivity index (χ4v) is 2.73. The van der Waals surface area contributed by atoms with E-state index in [9.17, 15) is 4.39 Å². The van der Waals surface area contributed by atoms with Crippen molar-refractivity contribution in [3.05, 3.63) is 33.5 Å². The maximum absolute atomic E-state index is 13.9. The Hall–Kier alpha value is -0.850. The Morgan fingerprint density at radius 2 is 2.22 bits per heavy atom. The van der Waals surface area contributed by atoms with E-state index in [1.54, 1.807) is 18.2 Å². The molecule has 0 spiro atoms. The van der Waals surface area contributed by atoms with Crippen molar-refractivity contribution >= 4 is 27.3 Å². The number of benzene rings is 1. The van der Waals surface area contributed by atoms with Crippen molar-refractivity contribution in [1.82, 2.24) is 15.5 Å². The summed E-state index contributed by atoms with van der Waals surface area (Å²) in [5.41, 5.74) is 0.497. The van der Waals surface area contributed by atoms with Gasteiger partial charge in [0, 0.05) is 18.5 Å². The normalized spacial score (nSPS) is 10.8. The summed E-state index contributed by atoms with van der Waals surface area (Å²) in [5.74, 6) is -0.285. The fourth-order valence-electron chi connectivity index (χ4n) is 1.50. The van der Waals surface area contributed by atoms with Gasteiger partial charge >= 0.3 is 0 Å². The molecule has 6 heteroatoms. The molecule has 96 valence electrons. The molecule has 0 radical (unpaired) electrons. The van der Waals surface area contributed by atoms with Gasteiger partial charge in [0.25, 0.3) is 0 Å². The Balaban J connectivity index is 2.16. The molecule has 0 aliphatic carbocycles. The molecule has 0 saturated carbocycles. The lowest BCUT2D eigenvalue weighted by Gasteiger charge is -1.99. The highest BCUT2D eigenvalue weighted by atomic mass is 79.9. The topological polar surface area (TPSA) is 37.8 Å². The van der Waals surface area contributed by atoms with Crippen LogP contribution in [-0.4, -0.2) is 23.3 Å². The molecule has 3 nitrogen and oxygen atoms in total. The van der Waals surface area contributed by atoms with Gasteiger partial charge in [-0.1, -0.05) is 24.3 Å². The van der Waals surface area contributed by atoms with Crippen molar-refractivity contribution < 1.29 is 4.39 Å². The molecule has 0 saturated heterocycles. The van der Waals surface area contributed by atoms with Crippen LogP contribution in [0.15, 0.2) is 22.7 Å². The SMILES string of the molecule is CCNCCc1nnc(-c2cccc(Br)c2F)s1. The summed E-state index contributed by atoms with van der Waals surface area (Å²) in [7, 11) is 0. The monoisotopic (exact) mass is 329 g/mol. The number of nitrogens with zero attached hydrogens (tertiary/aromatic N) is 2. The summed E-state index contributed by atoms with van der Waals surface area (Å²) >= 11 is 4.61. The van der Waals surface area contributed by atoms with Crippen molar-refractivity contribution in [2.75, 3.05) is 13.1 Å². The van der Waals surface area contributed by atoms with Gasteiger partial charge in [0.15, 0.2) is 5.01 Å². The first-order valence-electron chi connectivity index (χ1n) is 5.70. The number of likely N-dealkylation sites (N-methyl/N-ethyl adjacent to an activating group) is 1. The van der Waals surface area contributed by atoms with Crippen molar-refractivity contribution in [1.29, 1.82) is 0 Å². The Labute approximate surface area is 118 Å². The molecule has 0 fully saturated rings. The summed E-state index contributed by atoms with van der Waals surface area (Å²) in [5, 5.41) is 12.9. The number of nitrogens with one attached hydrogen (secondary N) is 1. The van der Waals surface area contributed by atoms with Gasteiger partial charge in [0.05, 0.1) is 4.47 Å². The predicted octanol–water partition coefficient (Wildman–Crippen LogP) is 3.26. The molecule has 1 N–H and O–H groups in total. The molecule has 0 aliphatic rings. The van der Waals surface area contributed by atoms with Crippen molar-refractivity contribution in [2.24, 2.45) is 0 Å². The van der Waals surface area contributed by atoms with Crippen LogP contribution in [0.5, 0.6) is 0 Å². The maximum atomic E-state index is 13.9. The maximum Gasteiger partial charge on any atom is 0.150 e. The smallest absolute Gasteiger partial charge is 0.150 e. The van der Waals surface area contributed by atoms with Gasteiger partial charge in [0.2, 0.25) is 0 Å². The summed E-state index contributed by atoms with van der Waals surface area (Å²) < 4.78 is 14.3. The second-order valence-corrected chi connectivity index (χ2v) is 5.62. The molecule has 2 rings (SSSR count). The number of halogens is 2. The van der Waals surface area contributed by atoms with Crippen LogP contribution in [0.4, 0.5) is 4.39 Å². The van der Waals surface area contributed by atoms with E-state index in [1.165, 1.54) is 11.3 Å². The van der Waals surface area contributed by atoms with E-state index >= 15 is 0 Å². The summed E-state index contributed by atoms with van der Waals surface area (Å²) in [4.78, 5) is 0. The van der Waals surface area contributed by atoms with E-state index in [4.69, 9.17) is 0 Å². The van der Waals surface area contributed by atoms with E-state index in [-0.39, 0.29) is 5.82 Å². The molecule has 2 aromatic rings. The van der Waals surface area contributed by atoms with E-state index < -0.39 is 0 Å². The largest absolute Gasteiger partial charge is 0.317 e. The van der Waals surface area contributed by atoms with Crippen molar-refractivity contribution in [3.63, 3.8) is 0 Å². The molecule has 0 aliphatic heterocycles. The highest BCUT2D eigenvalue weighted by Gasteiger charge is 2.12. The zero-order chi connectivity index (χ0) is 13.0. The van der Waals surface area contributed by atoms with E-state index in [2.05, 4.69) is 38.4 Å². The number of aromatic nitrogens is 2. The molecule has 0 bridgehead atoms. The van der Waals surface area contributed by atoms with Gasteiger partial charge in [-0.15, -0.1) is 10.2 Å². The highest BCUT2D eigenvalue weighted by Crippen LogP contribution is 2.29. The summed E-state index contributed by atoms with van der Waals surface area (Å²) in [6.07, 6.45) is 0.821. The third-order valence-electron chi connectivity index (χ3n) is 2.41. The average Bonchev–Trinajstić information content (AvgIpc) is 2.82. The number of hydrogen-bond acceptors (Lipinski definition) is 4. The third-order valence-corrected chi connectivity index (χ3v) is 4.04. The van der Waals surface area contributed by atoms with Gasteiger partial charge in [-0.3, -0.25) is 0 Å². The van der Waals surface area contributed by atoms with E-state index in [0.29, 0.717) is 15.0 Å². The molecular weight excluding hydrogens is 317 g/mol. The lowest BCUT2D eigenvalue weighted by atomic mass is 10.2. The lowest BCUT2D eigenvalue weighted by Crippen LogP contribution is -2.15. The Morgan fingerprint density at radius 1 is 1.39 bits per heavy atom. The molecule has 0 unspecified atom stereocenters. The Bertz CT molecular complexity index is 530. The first-order chi connectivity index (χ1) is 8.72. The second kappa shape index (κ2) is 6.36. The van der Waals surface area contributed by atoms with E-state index in [0.717, 1.165) is 24.5 Å². The van der Waals surface area contributed by atoms with Gasteiger partial charge in [-0.05, 0) is 34.6 Å². The van der Waals surface area contributed by atoms with Crippen LogP contribution in [0.25, 0.3) is 10.6 Å². The molecule has 1 aromatic heterocycles. The van der Waals surface area contributed by atoms with Gasteiger partial charge in [0.1, 0.15) is 10.8 Å². The summed E-state index contributed by atoms with van der Waals surface area (Å²) in [6, 6.07) is 5.18.